The van der Waals surface area contributed by atoms with Crippen LogP contribution in [0.2, 0.25) is 0 Å². The predicted octanol–water partition coefficient (Wildman–Crippen LogP) is 4.47. The molecule has 2 aromatic rings. The van der Waals surface area contributed by atoms with Gasteiger partial charge in [0, 0.05) is 37.6 Å². The molecule has 1 N–H and O–H groups in total. The molecular formula is C21H27N3O. The van der Waals surface area contributed by atoms with E-state index in [1.807, 2.05) is 23.1 Å². The lowest BCUT2D eigenvalue weighted by atomic mass is 10.0. The third kappa shape index (κ3) is 4.13. The maximum Gasteiger partial charge on any atom is 0.321 e. The first kappa shape index (κ1) is 17.3. The van der Waals surface area contributed by atoms with Crippen LogP contribution in [-0.4, -0.2) is 37.1 Å². The van der Waals surface area contributed by atoms with Crippen LogP contribution in [0.5, 0.6) is 0 Å². The Labute approximate surface area is 150 Å². The summed E-state index contributed by atoms with van der Waals surface area (Å²) >= 11 is 0. The van der Waals surface area contributed by atoms with Gasteiger partial charge in [-0.3, -0.25) is 0 Å². The number of para-hydroxylation sites is 1. The Hall–Kier alpha value is -2.49. The highest BCUT2D eigenvalue weighted by atomic mass is 16.2. The van der Waals surface area contributed by atoms with Crippen LogP contribution in [0.25, 0.3) is 0 Å². The van der Waals surface area contributed by atoms with Crippen LogP contribution >= 0.6 is 0 Å². The van der Waals surface area contributed by atoms with Crippen LogP contribution in [0, 0.1) is 6.92 Å². The minimum atomic E-state index is -0.00310. The van der Waals surface area contributed by atoms with Gasteiger partial charge in [0.25, 0.3) is 0 Å². The Kier molecular flexibility index (Phi) is 5.27. The quantitative estimate of drug-likeness (QED) is 0.897. The third-order valence-corrected chi connectivity index (χ3v) is 4.79. The topological polar surface area (TPSA) is 35.6 Å². The summed E-state index contributed by atoms with van der Waals surface area (Å²) in [5, 5.41) is 3.09. The molecule has 1 fully saturated rings. The summed E-state index contributed by atoms with van der Waals surface area (Å²) in [4.78, 5) is 16.9. The smallest absolute Gasteiger partial charge is 0.321 e. The zero-order chi connectivity index (χ0) is 17.8. The van der Waals surface area contributed by atoms with Crippen molar-refractivity contribution in [3.05, 3.63) is 59.7 Å². The Bertz CT molecular complexity index is 716. The number of aryl methyl sites for hydroxylation is 1. The highest BCUT2D eigenvalue weighted by Crippen LogP contribution is 2.24. The zero-order valence-electron chi connectivity index (χ0n) is 15.3. The number of nitrogens with one attached hydrogen (secondary N) is 1. The highest BCUT2D eigenvalue weighted by molar-refractivity contribution is 5.90. The standard InChI is InChI=1S/C21H27N3O/c1-16(2)19-6-4-5-7-20(19)22-21(25)24-14-12-23(13-15-24)18-10-8-17(3)9-11-18/h4-11,16H,12-15H2,1-3H3,(H,22,25). The van der Waals surface area contributed by atoms with Crippen LogP contribution in [0.4, 0.5) is 16.2 Å². The first-order chi connectivity index (χ1) is 12.0. The predicted molar refractivity (Wildman–Crippen MR) is 105 cm³/mol. The summed E-state index contributed by atoms with van der Waals surface area (Å²) in [7, 11) is 0. The number of hydrogen-bond donors (Lipinski definition) is 1. The number of hydrogen-bond acceptors (Lipinski definition) is 2. The van der Waals surface area contributed by atoms with E-state index in [2.05, 4.69) is 61.3 Å². The second-order valence-corrected chi connectivity index (χ2v) is 6.98. The molecule has 4 nitrogen and oxygen atoms in total. The second-order valence-electron chi connectivity index (χ2n) is 6.98. The Morgan fingerprint density at radius 2 is 1.60 bits per heavy atom. The maximum atomic E-state index is 12.6. The molecule has 0 aliphatic carbocycles. The van der Waals surface area contributed by atoms with Gasteiger partial charge in [-0.2, -0.15) is 0 Å². The second kappa shape index (κ2) is 7.60. The number of carbonyl (C=O) groups excluding carboxylic acids is 1. The lowest BCUT2D eigenvalue weighted by Gasteiger charge is -2.36. The molecule has 4 heteroatoms. The van der Waals surface area contributed by atoms with Crippen LogP contribution < -0.4 is 10.2 Å². The summed E-state index contributed by atoms with van der Waals surface area (Å²) in [6.07, 6.45) is 0. The van der Waals surface area contributed by atoms with Gasteiger partial charge in [-0.05, 0) is 36.6 Å². The van der Waals surface area contributed by atoms with E-state index in [4.69, 9.17) is 0 Å². The molecule has 1 aliphatic heterocycles. The van der Waals surface area contributed by atoms with Crippen molar-refractivity contribution >= 4 is 17.4 Å². The molecule has 25 heavy (non-hydrogen) atoms. The number of piperazine rings is 1. The van der Waals surface area contributed by atoms with Crippen LogP contribution in [0.3, 0.4) is 0 Å². The van der Waals surface area contributed by atoms with E-state index < -0.39 is 0 Å². The molecule has 2 amide bonds. The van der Waals surface area contributed by atoms with E-state index in [1.165, 1.54) is 16.8 Å². The van der Waals surface area contributed by atoms with Gasteiger partial charge >= 0.3 is 6.03 Å². The molecule has 0 radical (unpaired) electrons. The van der Waals surface area contributed by atoms with E-state index >= 15 is 0 Å². The van der Waals surface area contributed by atoms with Crippen molar-refractivity contribution in [1.82, 2.24) is 4.90 Å². The van der Waals surface area contributed by atoms with Gasteiger partial charge in [0.2, 0.25) is 0 Å². The minimum absolute atomic E-state index is 0.00310. The molecule has 0 atom stereocenters. The molecule has 0 spiro atoms. The number of amides is 2. The normalized spacial score (nSPS) is 14.7. The van der Waals surface area contributed by atoms with Crippen LogP contribution in [-0.2, 0) is 0 Å². The summed E-state index contributed by atoms with van der Waals surface area (Å²) in [5.41, 5.74) is 4.60. The Balaban J connectivity index is 1.59. The van der Waals surface area contributed by atoms with E-state index in [-0.39, 0.29) is 6.03 Å². The van der Waals surface area contributed by atoms with Crippen molar-refractivity contribution in [3.8, 4) is 0 Å². The first-order valence-corrected chi connectivity index (χ1v) is 9.01. The molecular weight excluding hydrogens is 310 g/mol. The average molecular weight is 337 g/mol. The molecule has 0 unspecified atom stereocenters. The number of carbonyl (C=O) groups is 1. The van der Waals surface area contributed by atoms with E-state index in [9.17, 15) is 4.79 Å². The van der Waals surface area contributed by atoms with Crippen LogP contribution in [0.1, 0.15) is 30.9 Å². The van der Waals surface area contributed by atoms with Gasteiger partial charge < -0.3 is 15.1 Å². The zero-order valence-corrected chi connectivity index (χ0v) is 15.3. The summed E-state index contributed by atoms with van der Waals surface area (Å²) in [6, 6.07) is 16.6. The fraction of sp³-hybridized carbons (Fsp3) is 0.381. The third-order valence-electron chi connectivity index (χ3n) is 4.79. The Morgan fingerprint density at radius 1 is 0.960 bits per heavy atom. The van der Waals surface area contributed by atoms with E-state index in [0.717, 1.165) is 31.9 Å². The fourth-order valence-electron chi connectivity index (χ4n) is 3.23. The summed E-state index contributed by atoms with van der Waals surface area (Å²) in [6.45, 7) is 9.59. The van der Waals surface area contributed by atoms with Gasteiger partial charge in [-0.25, -0.2) is 4.79 Å². The SMILES string of the molecule is Cc1ccc(N2CCN(C(=O)Nc3ccccc3C(C)C)CC2)cc1. The fourth-order valence-corrected chi connectivity index (χ4v) is 3.23. The monoisotopic (exact) mass is 337 g/mol. The van der Waals surface area contributed by atoms with Crippen molar-refractivity contribution in [2.24, 2.45) is 0 Å². The van der Waals surface area contributed by atoms with Crippen LogP contribution in [0.15, 0.2) is 48.5 Å². The van der Waals surface area contributed by atoms with Gasteiger partial charge in [-0.1, -0.05) is 49.7 Å². The van der Waals surface area contributed by atoms with Gasteiger partial charge in [-0.15, -0.1) is 0 Å². The number of nitrogens with zero attached hydrogens (tertiary/aromatic N) is 2. The summed E-state index contributed by atoms with van der Waals surface area (Å²) in [5.74, 6) is 0.384. The van der Waals surface area contributed by atoms with Crippen molar-refractivity contribution in [3.63, 3.8) is 0 Å². The maximum absolute atomic E-state index is 12.6. The lowest BCUT2D eigenvalue weighted by Crippen LogP contribution is -2.50. The number of urea groups is 1. The van der Waals surface area contributed by atoms with E-state index in [0.29, 0.717) is 5.92 Å². The molecule has 1 saturated heterocycles. The van der Waals surface area contributed by atoms with Gasteiger partial charge in [0.15, 0.2) is 0 Å². The number of anilines is 2. The van der Waals surface area contributed by atoms with Crippen molar-refractivity contribution in [1.29, 1.82) is 0 Å². The molecule has 2 aromatic carbocycles. The van der Waals surface area contributed by atoms with Gasteiger partial charge in [0.1, 0.15) is 0 Å². The molecule has 132 valence electrons. The number of rotatable bonds is 3. The van der Waals surface area contributed by atoms with Gasteiger partial charge in [0.05, 0.1) is 0 Å². The van der Waals surface area contributed by atoms with Crippen molar-refractivity contribution in [2.75, 3.05) is 36.4 Å². The molecule has 3 rings (SSSR count). The van der Waals surface area contributed by atoms with E-state index in [1.54, 1.807) is 0 Å². The van der Waals surface area contributed by atoms with Crippen molar-refractivity contribution in [2.45, 2.75) is 26.7 Å². The molecule has 0 aromatic heterocycles. The first-order valence-electron chi connectivity index (χ1n) is 9.01. The lowest BCUT2D eigenvalue weighted by molar-refractivity contribution is 0.208. The van der Waals surface area contributed by atoms with Crippen molar-refractivity contribution < 1.29 is 4.79 Å². The molecule has 1 aliphatic rings. The number of benzene rings is 2. The molecule has 0 saturated carbocycles. The summed E-state index contributed by atoms with van der Waals surface area (Å²) < 4.78 is 0. The highest BCUT2D eigenvalue weighted by Gasteiger charge is 2.22. The largest absolute Gasteiger partial charge is 0.368 e. The molecule has 1 heterocycles. The Morgan fingerprint density at radius 3 is 2.24 bits per heavy atom. The molecule has 0 bridgehead atoms. The average Bonchev–Trinajstić information content (AvgIpc) is 2.63. The minimum Gasteiger partial charge on any atom is -0.368 e.